The summed E-state index contributed by atoms with van der Waals surface area (Å²) in [5.41, 5.74) is 0.964. The molecular weight excluding hydrogens is 411 g/mol. The van der Waals surface area contributed by atoms with Crippen LogP contribution in [0.2, 0.25) is 5.02 Å². The average Bonchev–Trinajstić information content (AvgIpc) is 3.39. The van der Waals surface area contributed by atoms with Crippen molar-refractivity contribution in [1.82, 2.24) is 19.7 Å². The molecule has 0 aliphatic carbocycles. The minimum absolute atomic E-state index is 0.0647. The van der Waals surface area contributed by atoms with Gasteiger partial charge in [-0.25, -0.2) is 4.39 Å². The molecule has 29 heavy (non-hydrogen) atoms. The molecule has 4 rings (SSSR count). The van der Waals surface area contributed by atoms with Gasteiger partial charge in [-0.2, -0.15) is 0 Å². The lowest BCUT2D eigenvalue weighted by Gasteiger charge is -2.20. The van der Waals surface area contributed by atoms with Gasteiger partial charge < -0.3 is 4.90 Å². The zero-order chi connectivity index (χ0) is 20.4. The van der Waals surface area contributed by atoms with Crippen molar-refractivity contribution in [2.24, 2.45) is 0 Å². The molecule has 1 aliphatic heterocycles. The maximum atomic E-state index is 14.7. The third-order valence-corrected chi connectivity index (χ3v) is 6.25. The van der Waals surface area contributed by atoms with Gasteiger partial charge in [-0.3, -0.25) is 9.36 Å². The van der Waals surface area contributed by atoms with Crippen molar-refractivity contribution in [2.45, 2.75) is 30.2 Å². The van der Waals surface area contributed by atoms with Crippen molar-refractivity contribution in [2.75, 3.05) is 13.1 Å². The molecule has 150 valence electrons. The summed E-state index contributed by atoms with van der Waals surface area (Å²) < 4.78 is 16.3. The Morgan fingerprint density at radius 1 is 1.10 bits per heavy atom. The summed E-state index contributed by atoms with van der Waals surface area (Å²) in [4.78, 5) is 14.6. The molecule has 3 aromatic rings. The monoisotopic (exact) mass is 430 g/mol. The molecule has 0 spiro atoms. The Bertz CT molecular complexity index is 1040. The van der Waals surface area contributed by atoms with Crippen LogP contribution in [0.15, 0.2) is 53.7 Å². The smallest absolute Gasteiger partial charge is 0.235 e. The fourth-order valence-corrected chi connectivity index (χ4v) is 4.58. The number of aromatic nitrogens is 3. The first-order valence-electron chi connectivity index (χ1n) is 9.47. The number of para-hydroxylation sites is 1. The van der Waals surface area contributed by atoms with E-state index in [-0.39, 0.29) is 11.2 Å². The molecule has 0 radical (unpaired) electrons. The van der Waals surface area contributed by atoms with Crippen molar-refractivity contribution in [3.05, 3.63) is 59.4 Å². The molecule has 1 fully saturated rings. The quantitative estimate of drug-likeness (QED) is 0.544. The summed E-state index contributed by atoms with van der Waals surface area (Å²) in [5, 5.41) is 9.16. The molecule has 1 aliphatic rings. The lowest BCUT2D eigenvalue weighted by molar-refractivity contribution is -0.129. The van der Waals surface area contributed by atoms with Gasteiger partial charge in [0.1, 0.15) is 5.82 Å². The summed E-state index contributed by atoms with van der Waals surface area (Å²) in [6.07, 6.45) is 2.07. The third-order valence-electron chi connectivity index (χ3n) is 4.89. The second-order valence-electron chi connectivity index (χ2n) is 6.87. The highest BCUT2D eigenvalue weighted by Gasteiger charge is 2.27. The Morgan fingerprint density at radius 3 is 2.52 bits per heavy atom. The maximum absolute atomic E-state index is 14.7. The lowest BCUT2D eigenvalue weighted by Crippen LogP contribution is -2.34. The molecule has 1 unspecified atom stereocenters. The first-order valence-corrected chi connectivity index (χ1v) is 10.7. The van der Waals surface area contributed by atoms with Gasteiger partial charge in [-0.05, 0) is 44.0 Å². The normalized spacial score (nSPS) is 14.9. The molecular formula is C21H20ClFN4OS. The predicted octanol–water partition coefficient (Wildman–Crippen LogP) is 4.83. The molecule has 1 atom stereocenters. The van der Waals surface area contributed by atoms with Crippen LogP contribution >= 0.6 is 23.4 Å². The van der Waals surface area contributed by atoms with Crippen LogP contribution in [-0.4, -0.2) is 43.9 Å². The summed E-state index contributed by atoms with van der Waals surface area (Å²) in [5.74, 6) is 0.0971. The molecule has 0 N–H and O–H groups in total. The summed E-state index contributed by atoms with van der Waals surface area (Å²) in [6, 6.07) is 13.7. The van der Waals surface area contributed by atoms with Crippen molar-refractivity contribution in [3.8, 4) is 17.1 Å². The molecule has 1 saturated heterocycles. The van der Waals surface area contributed by atoms with Crippen molar-refractivity contribution in [3.63, 3.8) is 0 Å². The number of benzene rings is 2. The van der Waals surface area contributed by atoms with E-state index in [0.717, 1.165) is 25.9 Å². The van der Waals surface area contributed by atoms with Gasteiger partial charge in [0.2, 0.25) is 5.91 Å². The van der Waals surface area contributed by atoms with E-state index >= 15 is 0 Å². The minimum Gasteiger partial charge on any atom is -0.342 e. The van der Waals surface area contributed by atoms with E-state index in [1.807, 2.05) is 30.0 Å². The predicted molar refractivity (Wildman–Crippen MR) is 113 cm³/mol. The van der Waals surface area contributed by atoms with E-state index in [4.69, 9.17) is 11.6 Å². The van der Waals surface area contributed by atoms with E-state index in [2.05, 4.69) is 10.2 Å². The second-order valence-corrected chi connectivity index (χ2v) is 8.58. The summed E-state index contributed by atoms with van der Waals surface area (Å²) >= 11 is 7.65. The third kappa shape index (κ3) is 4.02. The molecule has 8 heteroatoms. The number of halogens is 2. The van der Waals surface area contributed by atoms with Gasteiger partial charge in [-0.1, -0.05) is 47.6 Å². The Kier molecular flexibility index (Phi) is 5.87. The van der Waals surface area contributed by atoms with E-state index < -0.39 is 5.82 Å². The number of nitrogens with zero attached hydrogens (tertiary/aromatic N) is 4. The van der Waals surface area contributed by atoms with Crippen LogP contribution in [0.1, 0.15) is 19.8 Å². The number of amides is 1. The zero-order valence-electron chi connectivity index (χ0n) is 15.9. The Labute approximate surface area is 177 Å². The van der Waals surface area contributed by atoms with Crippen LogP contribution in [0, 0.1) is 5.82 Å². The summed E-state index contributed by atoms with van der Waals surface area (Å²) in [7, 11) is 0. The first-order chi connectivity index (χ1) is 14.1. The van der Waals surface area contributed by atoms with Crippen LogP contribution in [0.25, 0.3) is 17.1 Å². The molecule has 0 bridgehead atoms. The number of rotatable bonds is 5. The maximum Gasteiger partial charge on any atom is 0.235 e. The van der Waals surface area contributed by atoms with Gasteiger partial charge in [0, 0.05) is 18.7 Å². The van der Waals surface area contributed by atoms with Gasteiger partial charge in [-0.15, -0.1) is 10.2 Å². The molecule has 0 saturated carbocycles. The number of likely N-dealkylation sites (tertiary alicyclic amines) is 1. The van der Waals surface area contributed by atoms with Gasteiger partial charge in [0.15, 0.2) is 11.0 Å². The van der Waals surface area contributed by atoms with E-state index in [9.17, 15) is 9.18 Å². The highest BCUT2D eigenvalue weighted by molar-refractivity contribution is 8.00. The second kappa shape index (κ2) is 8.55. The largest absolute Gasteiger partial charge is 0.342 e. The fourth-order valence-electron chi connectivity index (χ4n) is 3.42. The minimum atomic E-state index is -0.402. The molecule has 5 nitrogen and oxygen atoms in total. The first kappa shape index (κ1) is 19.9. The zero-order valence-corrected chi connectivity index (χ0v) is 17.5. The SMILES string of the molecule is CC(Sc1nnc(-c2ccccc2Cl)n1-c1ccccc1F)C(=O)N1CCCC1. The van der Waals surface area contributed by atoms with Gasteiger partial charge >= 0.3 is 0 Å². The van der Waals surface area contributed by atoms with Crippen LogP contribution in [0.4, 0.5) is 4.39 Å². The number of carbonyl (C=O) groups excluding carboxylic acids is 1. The van der Waals surface area contributed by atoms with Gasteiger partial charge in [0.05, 0.1) is 16.0 Å². The van der Waals surface area contributed by atoms with Gasteiger partial charge in [0.25, 0.3) is 0 Å². The molecule has 2 heterocycles. The molecule has 2 aromatic carbocycles. The van der Waals surface area contributed by atoms with Crippen LogP contribution in [-0.2, 0) is 4.79 Å². The Morgan fingerprint density at radius 2 is 1.79 bits per heavy atom. The topological polar surface area (TPSA) is 51.0 Å². The van der Waals surface area contributed by atoms with E-state index in [1.165, 1.54) is 17.8 Å². The lowest BCUT2D eigenvalue weighted by atomic mass is 10.2. The standard InChI is InChI=1S/C21H20ClFN4OS/c1-14(20(28)26-12-6-7-13-26)29-21-25-24-19(15-8-2-3-9-16(15)22)27(21)18-11-5-4-10-17(18)23/h2-5,8-11,14H,6-7,12-13H2,1H3. The molecule has 1 aromatic heterocycles. The number of carbonyl (C=O) groups is 1. The highest BCUT2D eigenvalue weighted by Crippen LogP contribution is 2.34. The number of thioether (sulfide) groups is 1. The Hall–Kier alpha value is -2.38. The Balaban J connectivity index is 1.75. The van der Waals surface area contributed by atoms with E-state index in [1.54, 1.807) is 28.8 Å². The van der Waals surface area contributed by atoms with Crippen molar-refractivity contribution >= 4 is 29.3 Å². The summed E-state index contributed by atoms with van der Waals surface area (Å²) in [6.45, 7) is 3.42. The highest BCUT2D eigenvalue weighted by atomic mass is 35.5. The molecule has 1 amide bonds. The van der Waals surface area contributed by atoms with Crippen LogP contribution in [0.3, 0.4) is 0 Å². The van der Waals surface area contributed by atoms with Crippen LogP contribution < -0.4 is 0 Å². The average molecular weight is 431 g/mol. The number of hydrogen-bond donors (Lipinski definition) is 0. The van der Waals surface area contributed by atoms with Crippen molar-refractivity contribution < 1.29 is 9.18 Å². The van der Waals surface area contributed by atoms with Crippen LogP contribution in [0.5, 0.6) is 0 Å². The van der Waals surface area contributed by atoms with Crippen molar-refractivity contribution in [1.29, 1.82) is 0 Å². The van der Waals surface area contributed by atoms with E-state index in [0.29, 0.717) is 27.3 Å². The number of hydrogen-bond acceptors (Lipinski definition) is 4. The fraction of sp³-hybridized carbons (Fsp3) is 0.286.